The standard InChI is InChI=1S/C20H15F3N4O/c1-2-28-19-14(6-4-8-16(19)18-17(12-24)25-27-26-18)10-9-13-5-3-7-15(11-13)20(21,22)23/h3-11H,2H2,1H3,(H,25,26,27)/b10-9+. The predicted octanol–water partition coefficient (Wildman–Crippen LogP) is 4.93. The summed E-state index contributed by atoms with van der Waals surface area (Å²) in [6, 6.07) is 12.3. The molecule has 3 rings (SSSR count). The lowest BCUT2D eigenvalue weighted by Crippen LogP contribution is -2.04. The SMILES string of the molecule is CCOc1c(/C=C/c2cccc(C(F)(F)F)c2)cccc1-c1n[nH]nc1C#N. The molecule has 0 atom stereocenters. The Morgan fingerprint density at radius 2 is 1.93 bits per heavy atom. The average molecular weight is 384 g/mol. The van der Waals surface area contributed by atoms with E-state index in [1.54, 1.807) is 36.4 Å². The highest BCUT2D eigenvalue weighted by Gasteiger charge is 2.30. The number of aromatic amines is 1. The zero-order chi connectivity index (χ0) is 20.1. The Hall–Kier alpha value is -3.60. The van der Waals surface area contributed by atoms with Crippen LogP contribution >= 0.6 is 0 Å². The number of hydrogen-bond donors (Lipinski definition) is 1. The van der Waals surface area contributed by atoms with E-state index in [0.717, 1.165) is 12.1 Å². The van der Waals surface area contributed by atoms with Crippen molar-refractivity contribution < 1.29 is 17.9 Å². The molecule has 1 heterocycles. The van der Waals surface area contributed by atoms with Crippen molar-refractivity contribution in [1.29, 1.82) is 5.26 Å². The van der Waals surface area contributed by atoms with Crippen LogP contribution in [0, 0.1) is 11.3 Å². The van der Waals surface area contributed by atoms with Crippen LogP contribution in [-0.2, 0) is 6.18 Å². The number of hydrogen-bond acceptors (Lipinski definition) is 4. The quantitative estimate of drug-likeness (QED) is 0.633. The van der Waals surface area contributed by atoms with Gasteiger partial charge >= 0.3 is 6.18 Å². The van der Waals surface area contributed by atoms with E-state index in [2.05, 4.69) is 15.4 Å². The molecule has 0 saturated carbocycles. The van der Waals surface area contributed by atoms with Gasteiger partial charge in [0.2, 0.25) is 0 Å². The van der Waals surface area contributed by atoms with Crippen LogP contribution in [0.1, 0.15) is 29.3 Å². The zero-order valence-corrected chi connectivity index (χ0v) is 14.8. The van der Waals surface area contributed by atoms with Crippen LogP contribution in [0.2, 0.25) is 0 Å². The Kier molecular flexibility index (Phi) is 5.45. The van der Waals surface area contributed by atoms with E-state index >= 15 is 0 Å². The average Bonchev–Trinajstić information content (AvgIpc) is 3.15. The molecular formula is C20H15F3N4O. The molecule has 8 heteroatoms. The summed E-state index contributed by atoms with van der Waals surface area (Å²) in [7, 11) is 0. The molecule has 0 radical (unpaired) electrons. The summed E-state index contributed by atoms with van der Waals surface area (Å²) in [6.07, 6.45) is -1.16. The molecule has 0 fully saturated rings. The van der Waals surface area contributed by atoms with Crippen molar-refractivity contribution in [2.75, 3.05) is 6.61 Å². The number of para-hydroxylation sites is 1. The molecule has 1 aromatic heterocycles. The number of aromatic nitrogens is 3. The first-order valence-electron chi connectivity index (χ1n) is 8.36. The van der Waals surface area contributed by atoms with E-state index < -0.39 is 11.7 Å². The summed E-state index contributed by atoms with van der Waals surface area (Å²) in [5.41, 5.74) is 1.37. The fourth-order valence-electron chi connectivity index (χ4n) is 2.68. The second kappa shape index (κ2) is 7.96. The van der Waals surface area contributed by atoms with Gasteiger partial charge in [-0.1, -0.05) is 36.4 Å². The zero-order valence-electron chi connectivity index (χ0n) is 14.8. The molecule has 0 aliphatic rings. The van der Waals surface area contributed by atoms with Crippen LogP contribution in [-0.4, -0.2) is 22.0 Å². The molecule has 1 N–H and O–H groups in total. The number of benzene rings is 2. The molecule has 3 aromatic rings. The Bertz CT molecular complexity index is 1050. The lowest BCUT2D eigenvalue weighted by Gasteiger charge is -2.12. The third-order valence-electron chi connectivity index (χ3n) is 3.91. The molecule has 0 unspecified atom stereocenters. The molecule has 0 bridgehead atoms. The second-order valence-electron chi connectivity index (χ2n) is 5.75. The number of nitriles is 1. The number of alkyl halides is 3. The van der Waals surface area contributed by atoms with Gasteiger partial charge in [0.25, 0.3) is 0 Å². The van der Waals surface area contributed by atoms with Gasteiger partial charge in [-0.05, 0) is 30.7 Å². The van der Waals surface area contributed by atoms with E-state index in [-0.39, 0.29) is 5.69 Å². The third kappa shape index (κ3) is 4.04. The van der Waals surface area contributed by atoms with Crippen LogP contribution in [0.3, 0.4) is 0 Å². The van der Waals surface area contributed by atoms with Gasteiger partial charge in [0, 0.05) is 11.1 Å². The summed E-state index contributed by atoms with van der Waals surface area (Å²) in [4.78, 5) is 0. The molecule has 5 nitrogen and oxygen atoms in total. The minimum atomic E-state index is -4.40. The van der Waals surface area contributed by atoms with Crippen molar-refractivity contribution in [3.63, 3.8) is 0 Å². The van der Waals surface area contributed by atoms with Crippen LogP contribution in [0.15, 0.2) is 42.5 Å². The summed E-state index contributed by atoms with van der Waals surface area (Å²) in [5.74, 6) is 0.471. The number of rotatable bonds is 5. The largest absolute Gasteiger partial charge is 0.493 e. The maximum atomic E-state index is 12.9. The van der Waals surface area contributed by atoms with Crippen LogP contribution < -0.4 is 4.74 Å². The Morgan fingerprint density at radius 1 is 1.14 bits per heavy atom. The number of nitrogens with zero attached hydrogens (tertiary/aromatic N) is 3. The van der Waals surface area contributed by atoms with E-state index in [1.165, 1.54) is 6.07 Å². The van der Waals surface area contributed by atoms with E-state index in [0.29, 0.717) is 34.7 Å². The highest BCUT2D eigenvalue weighted by atomic mass is 19.4. The first-order chi connectivity index (χ1) is 13.4. The van der Waals surface area contributed by atoms with Gasteiger partial charge in [0.15, 0.2) is 5.69 Å². The highest BCUT2D eigenvalue weighted by molar-refractivity contribution is 5.80. The van der Waals surface area contributed by atoms with Crippen molar-refractivity contribution in [2.45, 2.75) is 13.1 Å². The van der Waals surface area contributed by atoms with Crippen LogP contribution in [0.25, 0.3) is 23.4 Å². The molecule has 0 aliphatic heterocycles. The van der Waals surface area contributed by atoms with Gasteiger partial charge < -0.3 is 4.74 Å². The van der Waals surface area contributed by atoms with Crippen molar-refractivity contribution >= 4 is 12.2 Å². The molecular weight excluding hydrogens is 369 g/mol. The Labute approximate surface area is 159 Å². The maximum Gasteiger partial charge on any atom is 0.416 e. The predicted molar refractivity (Wildman–Crippen MR) is 98.1 cm³/mol. The normalized spacial score (nSPS) is 11.5. The number of H-pyrrole nitrogens is 1. The molecule has 0 spiro atoms. The molecule has 2 aromatic carbocycles. The first kappa shape index (κ1) is 19.2. The van der Waals surface area contributed by atoms with E-state index in [1.807, 2.05) is 13.0 Å². The van der Waals surface area contributed by atoms with Gasteiger partial charge in [-0.3, -0.25) is 0 Å². The van der Waals surface area contributed by atoms with Gasteiger partial charge in [-0.2, -0.15) is 28.7 Å². The fraction of sp³-hybridized carbons (Fsp3) is 0.150. The minimum Gasteiger partial charge on any atom is -0.493 e. The number of halogens is 3. The highest BCUT2D eigenvalue weighted by Crippen LogP contribution is 2.35. The number of ether oxygens (including phenoxy) is 1. The van der Waals surface area contributed by atoms with E-state index in [9.17, 15) is 18.4 Å². The monoisotopic (exact) mass is 384 g/mol. The summed E-state index contributed by atoms with van der Waals surface area (Å²) < 4.78 is 44.4. The van der Waals surface area contributed by atoms with Gasteiger partial charge in [-0.15, -0.1) is 5.10 Å². The Balaban J connectivity index is 2.02. The molecule has 0 aliphatic carbocycles. The van der Waals surface area contributed by atoms with Gasteiger partial charge in [0.1, 0.15) is 17.5 Å². The first-order valence-corrected chi connectivity index (χ1v) is 8.36. The molecule has 0 saturated heterocycles. The summed E-state index contributed by atoms with van der Waals surface area (Å²) in [5, 5.41) is 19.4. The second-order valence-corrected chi connectivity index (χ2v) is 5.75. The van der Waals surface area contributed by atoms with Crippen molar-refractivity contribution in [3.8, 4) is 23.1 Å². The molecule has 28 heavy (non-hydrogen) atoms. The van der Waals surface area contributed by atoms with Gasteiger partial charge in [-0.25, -0.2) is 0 Å². The maximum absolute atomic E-state index is 12.9. The minimum absolute atomic E-state index is 0.125. The number of nitrogens with one attached hydrogen (secondary N) is 1. The van der Waals surface area contributed by atoms with E-state index in [4.69, 9.17) is 4.74 Å². The Morgan fingerprint density at radius 3 is 2.64 bits per heavy atom. The van der Waals surface area contributed by atoms with Crippen molar-refractivity contribution in [2.24, 2.45) is 0 Å². The summed E-state index contributed by atoms with van der Waals surface area (Å²) in [6.45, 7) is 2.17. The lowest BCUT2D eigenvalue weighted by molar-refractivity contribution is -0.137. The van der Waals surface area contributed by atoms with Crippen LogP contribution in [0.4, 0.5) is 13.2 Å². The molecule has 142 valence electrons. The van der Waals surface area contributed by atoms with Crippen LogP contribution in [0.5, 0.6) is 5.75 Å². The van der Waals surface area contributed by atoms with Crippen molar-refractivity contribution in [1.82, 2.24) is 15.4 Å². The lowest BCUT2D eigenvalue weighted by atomic mass is 10.0. The third-order valence-corrected chi connectivity index (χ3v) is 3.91. The summed E-state index contributed by atoms with van der Waals surface area (Å²) >= 11 is 0. The smallest absolute Gasteiger partial charge is 0.416 e. The topological polar surface area (TPSA) is 74.6 Å². The fourth-order valence-corrected chi connectivity index (χ4v) is 2.68. The van der Waals surface area contributed by atoms with Gasteiger partial charge in [0.05, 0.1) is 12.2 Å². The van der Waals surface area contributed by atoms with Crippen molar-refractivity contribution in [3.05, 3.63) is 64.8 Å². The molecule has 0 amide bonds.